The first-order valence-electron chi connectivity index (χ1n) is 17.9. The van der Waals surface area contributed by atoms with Crippen LogP contribution in [0.3, 0.4) is 0 Å². The molecule has 2 saturated heterocycles. The summed E-state index contributed by atoms with van der Waals surface area (Å²) >= 11 is 0. The zero-order valence-electron chi connectivity index (χ0n) is 27.3. The molecule has 1 saturated carbocycles. The highest BCUT2D eigenvalue weighted by atomic mass is 16.5. The lowest BCUT2D eigenvalue weighted by Gasteiger charge is -2.56. The smallest absolute Gasteiger partial charge is 0.340 e. The molecule has 1 spiro atoms. The fourth-order valence-corrected chi connectivity index (χ4v) is 9.99. The standard InChI is InChI=1S/C41H45NO5/c1-2-25(22-27-8-4-3-5-9-27)23-34-41-19-16-30(35(38(41)40(45)47-34)28-11-7-12-29(43)24-28)31-14-15-32-33(46-39(44)36(32)37(31)41)13-6-10-26-17-20-42-21-18-26/h3-5,7-9,11-13,23-26,30-31,37,42-43H,2,6,10,14-22H2,1H3/b33-13?,34-23-/t25-,30+,31-,37+,41+/m0/s1. The van der Waals surface area contributed by atoms with Gasteiger partial charge >= 0.3 is 11.9 Å². The van der Waals surface area contributed by atoms with Crippen molar-refractivity contribution >= 4 is 17.5 Å². The second-order valence-electron chi connectivity index (χ2n) is 14.5. The summed E-state index contributed by atoms with van der Waals surface area (Å²) in [6.45, 7) is 4.35. The van der Waals surface area contributed by atoms with Crippen molar-refractivity contribution in [1.29, 1.82) is 0 Å². The van der Waals surface area contributed by atoms with E-state index in [1.165, 1.54) is 18.4 Å². The molecule has 0 unspecified atom stereocenters. The van der Waals surface area contributed by atoms with Crippen LogP contribution in [0.2, 0.25) is 0 Å². The van der Waals surface area contributed by atoms with Gasteiger partial charge in [0.2, 0.25) is 0 Å². The van der Waals surface area contributed by atoms with E-state index in [9.17, 15) is 14.7 Å². The lowest BCUT2D eigenvalue weighted by molar-refractivity contribution is -0.135. The largest absolute Gasteiger partial charge is 0.508 e. The first-order chi connectivity index (χ1) is 23.0. The van der Waals surface area contributed by atoms with Crippen LogP contribution in [-0.4, -0.2) is 30.1 Å². The van der Waals surface area contributed by atoms with Crippen molar-refractivity contribution in [2.45, 2.75) is 71.1 Å². The minimum atomic E-state index is -0.730. The Hall–Kier alpha value is -3.90. The highest BCUT2D eigenvalue weighted by molar-refractivity contribution is 6.06. The third-order valence-electron chi connectivity index (χ3n) is 12.1. The summed E-state index contributed by atoms with van der Waals surface area (Å²) in [7, 11) is 0. The highest BCUT2D eigenvalue weighted by Gasteiger charge is 2.68. The number of fused-ring (bicyclic) bond motifs is 1. The molecule has 0 aromatic heterocycles. The van der Waals surface area contributed by atoms with Crippen LogP contribution in [0.5, 0.6) is 5.75 Å². The maximum Gasteiger partial charge on any atom is 0.340 e. The Kier molecular flexibility index (Phi) is 7.95. The number of esters is 2. The molecule has 0 amide bonds. The van der Waals surface area contributed by atoms with E-state index in [2.05, 4.69) is 48.7 Å². The Morgan fingerprint density at radius 1 is 0.979 bits per heavy atom. The molecule has 9 rings (SSSR count). The summed E-state index contributed by atoms with van der Waals surface area (Å²) in [5.74, 6) is 2.11. The normalized spacial score (nSPS) is 30.8. The Bertz CT molecular complexity index is 1710. The van der Waals surface area contributed by atoms with Crippen LogP contribution in [0.4, 0.5) is 0 Å². The number of hydrogen-bond acceptors (Lipinski definition) is 6. The molecule has 0 radical (unpaired) electrons. The van der Waals surface area contributed by atoms with Crippen molar-refractivity contribution in [3.8, 4) is 5.75 Å². The van der Waals surface area contributed by atoms with Crippen molar-refractivity contribution in [2.75, 3.05) is 13.1 Å². The molecule has 6 heteroatoms. The predicted octanol–water partition coefficient (Wildman–Crippen LogP) is 7.81. The summed E-state index contributed by atoms with van der Waals surface area (Å²) < 4.78 is 12.5. The summed E-state index contributed by atoms with van der Waals surface area (Å²) in [5, 5.41) is 14.0. The Morgan fingerprint density at radius 2 is 1.81 bits per heavy atom. The fraction of sp³-hybridized carbons (Fsp3) is 0.463. The van der Waals surface area contributed by atoms with Crippen molar-refractivity contribution in [1.82, 2.24) is 5.32 Å². The molecular formula is C41H45NO5. The van der Waals surface area contributed by atoms with Crippen molar-refractivity contribution in [2.24, 2.45) is 35.0 Å². The van der Waals surface area contributed by atoms with Gasteiger partial charge in [-0.1, -0.05) is 49.4 Å². The first-order valence-corrected chi connectivity index (χ1v) is 17.9. The van der Waals surface area contributed by atoms with Gasteiger partial charge in [0.05, 0.1) is 11.0 Å². The molecule has 2 aromatic carbocycles. The lowest BCUT2D eigenvalue weighted by atomic mass is 9.44. The van der Waals surface area contributed by atoms with E-state index in [1.54, 1.807) is 12.1 Å². The molecule has 5 atom stereocenters. The Morgan fingerprint density at radius 3 is 2.60 bits per heavy atom. The minimum Gasteiger partial charge on any atom is -0.508 e. The number of carbonyl (C=O) groups excluding carboxylic acids is 2. The topological polar surface area (TPSA) is 84.9 Å². The number of allylic oxidation sites excluding steroid dienone is 5. The van der Waals surface area contributed by atoms with Gasteiger partial charge in [0.1, 0.15) is 17.3 Å². The van der Waals surface area contributed by atoms with E-state index in [0.29, 0.717) is 11.5 Å². The van der Waals surface area contributed by atoms with Crippen LogP contribution >= 0.6 is 0 Å². The number of rotatable bonds is 8. The molecule has 3 heterocycles. The van der Waals surface area contributed by atoms with Crippen LogP contribution in [0, 0.1) is 35.0 Å². The van der Waals surface area contributed by atoms with Crippen molar-refractivity contribution in [3.63, 3.8) is 0 Å². The minimum absolute atomic E-state index is 0.103. The number of cyclic esters (lactones) is 2. The molecule has 2 aromatic rings. The summed E-state index contributed by atoms with van der Waals surface area (Å²) in [6, 6.07) is 17.8. The fourth-order valence-electron chi connectivity index (χ4n) is 9.99. The quantitative estimate of drug-likeness (QED) is 0.289. The van der Waals surface area contributed by atoms with Gasteiger partial charge in [0.25, 0.3) is 0 Å². The third kappa shape index (κ3) is 5.11. The molecule has 6 nitrogen and oxygen atoms in total. The number of benzene rings is 2. The number of phenols is 1. The van der Waals surface area contributed by atoms with E-state index in [0.717, 1.165) is 98.3 Å². The van der Waals surface area contributed by atoms with Gasteiger partial charge in [-0.3, -0.25) is 0 Å². The van der Waals surface area contributed by atoms with E-state index >= 15 is 0 Å². The number of ether oxygens (including phenoxy) is 2. The summed E-state index contributed by atoms with van der Waals surface area (Å²) in [4.78, 5) is 28.2. The van der Waals surface area contributed by atoms with E-state index in [1.807, 2.05) is 18.2 Å². The van der Waals surface area contributed by atoms with E-state index < -0.39 is 5.41 Å². The average molecular weight is 632 g/mol. The number of aromatic hydroxyl groups is 1. The number of piperidine rings is 1. The maximum absolute atomic E-state index is 14.2. The van der Waals surface area contributed by atoms with Gasteiger partial charge in [0, 0.05) is 17.1 Å². The predicted molar refractivity (Wildman–Crippen MR) is 181 cm³/mol. The van der Waals surface area contributed by atoms with Crippen LogP contribution < -0.4 is 5.32 Å². The monoisotopic (exact) mass is 631 g/mol. The Balaban J connectivity index is 1.24. The molecule has 3 fully saturated rings. The van der Waals surface area contributed by atoms with Gasteiger partial charge in [-0.05, 0) is 142 Å². The van der Waals surface area contributed by atoms with Crippen LogP contribution in [0.1, 0.15) is 75.8 Å². The van der Waals surface area contributed by atoms with Crippen LogP contribution in [0.15, 0.2) is 95.0 Å². The van der Waals surface area contributed by atoms with Gasteiger partial charge in [0.15, 0.2) is 0 Å². The maximum atomic E-state index is 14.2. The number of carbonyl (C=O) groups is 2. The van der Waals surface area contributed by atoms with Gasteiger partial charge < -0.3 is 19.9 Å². The van der Waals surface area contributed by atoms with Gasteiger partial charge in [-0.2, -0.15) is 0 Å². The summed E-state index contributed by atoms with van der Waals surface area (Å²) in [6.07, 6.45) is 14.0. The van der Waals surface area contributed by atoms with Gasteiger partial charge in [-0.25, -0.2) is 9.59 Å². The van der Waals surface area contributed by atoms with E-state index in [4.69, 9.17) is 9.47 Å². The molecule has 47 heavy (non-hydrogen) atoms. The van der Waals surface area contributed by atoms with Crippen LogP contribution in [0.25, 0.3) is 5.57 Å². The molecule has 244 valence electrons. The molecule has 7 aliphatic rings. The molecular weight excluding hydrogens is 586 g/mol. The molecule has 2 N–H and O–H groups in total. The number of phenolic OH excluding ortho intramolecular Hbond substituents is 1. The van der Waals surface area contributed by atoms with Crippen LogP contribution in [-0.2, 0) is 25.5 Å². The van der Waals surface area contributed by atoms with Crippen molar-refractivity contribution in [3.05, 3.63) is 106 Å². The summed E-state index contributed by atoms with van der Waals surface area (Å²) in [5.41, 5.74) is 4.95. The zero-order valence-corrected chi connectivity index (χ0v) is 27.3. The molecule has 3 aliphatic heterocycles. The average Bonchev–Trinajstić information content (AvgIpc) is 3.58. The first kappa shape index (κ1) is 30.4. The highest BCUT2D eigenvalue weighted by Crippen LogP contribution is 2.71. The number of nitrogens with one attached hydrogen (secondary N) is 1. The molecule has 2 bridgehead atoms. The second kappa shape index (κ2) is 12.3. The Labute approximate surface area is 277 Å². The SMILES string of the molecule is CC[C@H](/C=C1\OC(=O)C2=C(c3cccc(O)c3)[C@@H]3CC[C@@]21[C@H]1C2=C(CC[C@@H]31)C(=CCCC1CCNCC1)OC2=O)Cc1ccccc1. The van der Waals surface area contributed by atoms with E-state index in [-0.39, 0.29) is 41.4 Å². The lowest BCUT2D eigenvalue weighted by Crippen LogP contribution is -2.52. The van der Waals surface area contributed by atoms with Gasteiger partial charge in [-0.15, -0.1) is 0 Å². The number of hydrogen-bond donors (Lipinski definition) is 2. The van der Waals surface area contributed by atoms with Crippen molar-refractivity contribution < 1.29 is 24.2 Å². The molecule has 4 aliphatic carbocycles. The second-order valence-corrected chi connectivity index (χ2v) is 14.5. The zero-order chi connectivity index (χ0) is 32.1. The third-order valence-corrected chi connectivity index (χ3v) is 12.1.